The zero-order valence-electron chi connectivity index (χ0n) is 13.9. The summed E-state index contributed by atoms with van der Waals surface area (Å²) in [7, 11) is 2.20. The summed E-state index contributed by atoms with van der Waals surface area (Å²) in [6.45, 7) is 1.43. The smallest absolute Gasteiger partial charge is 0.320 e. The third-order valence-corrected chi connectivity index (χ3v) is 4.13. The van der Waals surface area contributed by atoms with Gasteiger partial charge in [0.1, 0.15) is 6.04 Å². The maximum absolute atomic E-state index is 12.3. The second-order valence-corrected chi connectivity index (χ2v) is 6.16. The number of esters is 2. The molecular weight excluding hydrogens is 396 g/mol. The van der Waals surface area contributed by atoms with Gasteiger partial charge in [0.25, 0.3) is 5.91 Å². The Morgan fingerprint density at radius 3 is 2.12 bits per heavy atom. The van der Waals surface area contributed by atoms with Crippen molar-refractivity contribution in [2.45, 2.75) is 13.0 Å². The van der Waals surface area contributed by atoms with Crippen LogP contribution in [-0.2, 0) is 23.9 Å². The van der Waals surface area contributed by atoms with Crippen molar-refractivity contribution in [2.24, 2.45) is 17.6 Å². The summed E-state index contributed by atoms with van der Waals surface area (Å²) in [6, 6.07) is 5.19. The van der Waals surface area contributed by atoms with Crippen molar-refractivity contribution >= 4 is 39.7 Å². The molecular formula is C16H19BrN2O6. The van der Waals surface area contributed by atoms with Crippen molar-refractivity contribution in [2.75, 3.05) is 14.2 Å². The van der Waals surface area contributed by atoms with E-state index in [0.717, 1.165) is 14.2 Å². The Morgan fingerprint density at radius 1 is 1.12 bits per heavy atom. The lowest BCUT2D eigenvalue weighted by Gasteiger charge is -2.26. The van der Waals surface area contributed by atoms with Crippen molar-refractivity contribution in [3.05, 3.63) is 34.3 Å². The molecule has 2 amide bonds. The molecule has 1 rings (SSSR count). The number of nitrogens with two attached hydrogens (primary N) is 1. The summed E-state index contributed by atoms with van der Waals surface area (Å²) in [4.78, 5) is 47.9. The summed E-state index contributed by atoms with van der Waals surface area (Å²) in [5.41, 5.74) is 5.63. The molecule has 136 valence electrons. The average Bonchev–Trinajstić information content (AvgIpc) is 2.58. The Hall–Kier alpha value is -2.42. The van der Waals surface area contributed by atoms with Crippen molar-refractivity contribution in [1.29, 1.82) is 0 Å². The number of halogens is 1. The molecule has 0 aliphatic carbocycles. The Labute approximate surface area is 153 Å². The number of hydrogen-bond donors (Lipinski definition) is 2. The molecule has 0 aliphatic heterocycles. The minimum Gasteiger partial charge on any atom is -0.468 e. The van der Waals surface area contributed by atoms with Gasteiger partial charge in [-0.05, 0) is 18.2 Å². The molecule has 0 spiro atoms. The van der Waals surface area contributed by atoms with Crippen LogP contribution in [0, 0.1) is 11.8 Å². The van der Waals surface area contributed by atoms with Gasteiger partial charge in [-0.2, -0.15) is 0 Å². The number of hydrogen-bond acceptors (Lipinski definition) is 6. The van der Waals surface area contributed by atoms with E-state index in [1.807, 2.05) is 0 Å². The van der Waals surface area contributed by atoms with Gasteiger partial charge >= 0.3 is 11.9 Å². The minimum absolute atomic E-state index is 0.278. The first-order valence-corrected chi connectivity index (χ1v) is 8.03. The number of amides is 2. The highest BCUT2D eigenvalue weighted by atomic mass is 79.9. The van der Waals surface area contributed by atoms with E-state index in [1.165, 1.54) is 6.92 Å². The van der Waals surface area contributed by atoms with Gasteiger partial charge in [0.15, 0.2) is 5.92 Å². The molecule has 3 N–H and O–H groups in total. The summed E-state index contributed by atoms with van der Waals surface area (Å²) in [6.07, 6.45) is 0. The molecule has 0 fully saturated rings. The zero-order chi connectivity index (χ0) is 19.1. The fourth-order valence-electron chi connectivity index (χ4n) is 2.29. The molecule has 1 aromatic carbocycles. The summed E-state index contributed by atoms with van der Waals surface area (Å²) < 4.78 is 9.83. The molecule has 0 radical (unpaired) electrons. The number of primary amides is 1. The van der Waals surface area contributed by atoms with Crippen LogP contribution in [0.1, 0.15) is 17.3 Å². The van der Waals surface area contributed by atoms with E-state index in [2.05, 4.69) is 30.7 Å². The van der Waals surface area contributed by atoms with Crippen LogP contribution in [0.25, 0.3) is 0 Å². The van der Waals surface area contributed by atoms with Crippen LogP contribution in [0.5, 0.6) is 0 Å². The fourth-order valence-corrected chi connectivity index (χ4v) is 2.69. The number of ether oxygens (including phenoxy) is 2. The van der Waals surface area contributed by atoms with Crippen LogP contribution in [-0.4, -0.2) is 44.0 Å². The van der Waals surface area contributed by atoms with E-state index in [0.29, 0.717) is 4.47 Å². The standard InChI is InChI=1S/C16H19BrN2O6/c1-8(11(15(22)24-2)16(23)25-3)12(13(18)20)19-14(21)9-5-4-6-10(17)7-9/h4-8,11-12H,1-3H3,(H2,18,20)(H,19,21)/t8-,12-/m1/s1. The maximum atomic E-state index is 12.3. The van der Waals surface area contributed by atoms with Crippen LogP contribution in [0.15, 0.2) is 28.7 Å². The predicted molar refractivity (Wildman–Crippen MR) is 91.3 cm³/mol. The van der Waals surface area contributed by atoms with E-state index in [1.54, 1.807) is 24.3 Å². The predicted octanol–water partition coefficient (Wildman–Crippen LogP) is 0.631. The Morgan fingerprint density at radius 2 is 1.68 bits per heavy atom. The van der Waals surface area contributed by atoms with Crippen LogP contribution in [0.3, 0.4) is 0 Å². The van der Waals surface area contributed by atoms with Crippen molar-refractivity contribution < 1.29 is 28.7 Å². The second-order valence-electron chi connectivity index (χ2n) is 5.25. The van der Waals surface area contributed by atoms with Gasteiger partial charge in [-0.3, -0.25) is 19.2 Å². The first kappa shape index (κ1) is 20.6. The first-order valence-electron chi connectivity index (χ1n) is 7.24. The summed E-state index contributed by atoms with van der Waals surface area (Å²) >= 11 is 3.24. The molecule has 0 saturated carbocycles. The molecule has 9 heteroatoms. The maximum Gasteiger partial charge on any atom is 0.320 e. The number of rotatable bonds is 7. The van der Waals surface area contributed by atoms with E-state index in [9.17, 15) is 19.2 Å². The topological polar surface area (TPSA) is 125 Å². The van der Waals surface area contributed by atoms with Gasteiger partial charge in [0.2, 0.25) is 5.91 Å². The lowest BCUT2D eigenvalue weighted by molar-refractivity contribution is -0.161. The van der Waals surface area contributed by atoms with Crippen LogP contribution in [0.2, 0.25) is 0 Å². The fraction of sp³-hybridized carbons (Fsp3) is 0.375. The number of methoxy groups -OCH3 is 2. The van der Waals surface area contributed by atoms with Crippen molar-refractivity contribution in [3.63, 3.8) is 0 Å². The van der Waals surface area contributed by atoms with E-state index in [4.69, 9.17) is 5.73 Å². The molecule has 0 heterocycles. The monoisotopic (exact) mass is 414 g/mol. The first-order chi connectivity index (χ1) is 11.7. The van der Waals surface area contributed by atoms with E-state index < -0.39 is 41.6 Å². The number of nitrogens with one attached hydrogen (secondary N) is 1. The number of carbonyl (C=O) groups is 4. The van der Waals surface area contributed by atoms with Gasteiger partial charge in [0.05, 0.1) is 14.2 Å². The Kier molecular flexibility index (Phi) is 7.56. The van der Waals surface area contributed by atoms with Crippen molar-refractivity contribution in [3.8, 4) is 0 Å². The molecule has 2 atom stereocenters. The van der Waals surface area contributed by atoms with Crippen LogP contribution < -0.4 is 11.1 Å². The second kappa shape index (κ2) is 9.16. The van der Waals surface area contributed by atoms with Gasteiger partial charge in [-0.15, -0.1) is 0 Å². The molecule has 8 nitrogen and oxygen atoms in total. The molecule has 0 aliphatic rings. The largest absolute Gasteiger partial charge is 0.468 e. The quantitative estimate of drug-likeness (QED) is 0.497. The molecule has 25 heavy (non-hydrogen) atoms. The van der Waals surface area contributed by atoms with Crippen LogP contribution >= 0.6 is 15.9 Å². The third kappa shape index (κ3) is 5.28. The number of benzene rings is 1. The highest BCUT2D eigenvalue weighted by Gasteiger charge is 2.41. The van der Waals surface area contributed by atoms with E-state index in [-0.39, 0.29) is 5.56 Å². The highest BCUT2D eigenvalue weighted by Crippen LogP contribution is 2.20. The zero-order valence-corrected chi connectivity index (χ0v) is 15.5. The molecule has 0 bridgehead atoms. The van der Waals surface area contributed by atoms with E-state index >= 15 is 0 Å². The normalized spacial score (nSPS) is 12.8. The lowest BCUT2D eigenvalue weighted by Crippen LogP contribution is -2.52. The third-order valence-electron chi connectivity index (χ3n) is 3.64. The highest BCUT2D eigenvalue weighted by molar-refractivity contribution is 9.10. The van der Waals surface area contributed by atoms with Gasteiger partial charge < -0.3 is 20.5 Å². The van der Waals surface area contributed by atoms with Crippen LogP contribution in [0.4, 0.5) is 0 Å². The Bertz CT molecular complexity index is 662. The number of carbonyl (C=O) groups excluding carboxylic acids is 4. The Balaban J connectivity index is 3.08. The average molecular weight is 415 g/mol. The lowest BCUT2D eigenvalue weighted by atomic mass is 9.86. The molecule has 1 aromatic rings. The molecule has 0 saturated heterocycles. The summed E-state index contributed by atoms with van der Waals surface area (Å²) in [5, 5.41) is 2.45. The summed E-state index contributed by atoms with van der Waals surface area (Å²) in [5.74, 6) is -5.63. The SMILES string of the molecule is COC(=O)C(C(=O)OC)[C@@H](C)[C@@H](NC(=O)c1cccc(Br)c1)C(N)=O. The molecule has 0 aromatic heterocycles. The van der Waals surface area contributed by atoms with Gasteiger partial charge in [-0.1, -0.05) is 28.9 Å². The minimum atomic E-state index is -1.41. The van der Waals surface area contributed by atoms with Gasteiger partial charge in [-0.25, -0.2) is 0 Å². The van der Waals surface area contributed by atoms with Crippen molar-refractivity contribution in [1.82, 2.24) is 5.32 Å². The molecule has 0 unspecified atom stereocenters. The van der Waals surface area contributed by atoms with Gasteiger partial charge in [0, 0.05) is 16.0 Å².